The number of aryl methyl sites for hydroxylation is 1. The van der Waals surface area contributed by atoms with Gasteiger partial charge in [-0.1, -0.05) is 43.3 Å². The molecule has 0 spiro atoms. The lowest BCUT2D eigenvalue weighted by Crippen LogP contribution is -2.17. The number of likely N-dealkylation sites (N-methyl/N-ethyl adjacent to an activating group) is 1. The number of hydrogen-bond acceptors (Lipinski definition) is 1. The van der Waals surface area contributed by atoms with Crippen molar-refractivity contribution in [3.63, 3.8) is 0 Å². The van der Waals surface area contributed by atoms with Gasteiger partial charge in [-0.15, -0.1) is 0 Å². The number of benzene rings is 1. The molecule has 1 heteroatoms. The Balaban J connectivity index is 2.64. The third-order valence-corrected chi connectivity index (χ3v) is 2.42. The molecule has 0 bridgehead atoms. The topological polar surface area (TPSA) is 12.0 Å². The van der Waals surface area contributed by atoms with E-state index in [1.807, 2.05) is 7.05 Å². The van der Waals surface area contributed by atoms with Crippen LogP contribution in [0.4, 0.5) is 0 Å². The number of hydrogen-bond donors (Lipinski definition) is 1. The van der Waals surface area contributed by atoms with Gasteiger partial charge in [0.25, 0.3) is 0 Å². The molecule has 1 atom stereocenters. The summed E-state index contributed by atoms with van der Waals surface area (Å²) in [6, 6.07) is 9.13. The highest BCUT2D eigenvalue weighted by molar-refractivity contribution is 5.50. The van der Waals surface area contributed by atoms with Crippen molar-refractivity contribution in [3.05, 3.63) is 41.5 Å². The highest BCUT2D eigenvalue weighted by Crippen LogP contribution is 2.06. The van der Waals surface area contributed by atoms with E-state index in [1.165, 1.54) is 11.1 Å². The summed E-state index contributed by atoms with van der Waals surface area (Å²) in [5.41, 5.74) is 2.66. The summed E-state index contributed by atoms with van der Waals surface area (Å²) < 4.78 is 0. The molecule has 0 fully saturated rings. The van der Waals surface area contributed by atoms with Gasteiger partial charge in [0.15, 0.2) is 0 Å². The molecule has 0 aromatic heterocycles. The summed E-state index contributed by atoms with van der Waals surface area (Å²) in [6.07, 6.45) is 5.43. The molecule has 0 heterocycles. The summed E-state index contributed by atoms with van der Waals surface area (Å²) in [7, 11) is 1.97. The minimum atomic E-state index is 0.431. The third kappa shape index (κ3) is 3.35. The van der Waals surface area contributed by atoms with Crippen molar-refractivity contribution >= 4 is 6.08 Å². The molecule has 1 aromatic carbocycles. The van der Waals surface area contributed by atoms with Gasteiger partial charge >= 0.3 is 0 Å². The maximum Gasteiger partial charge on any atom is 0.0221 e. The molecule has 76 valence electrons. The first-order valence-corrected chi connectivity index (χ1v) is 5.20. The molecule has 0 amide bonds. The van der Waals surface area contributed by atoms with Gasteiger partial charge < -0.3 is 5.32 Å². The Labute approximate surface area is 86.8 Å². The largest absolute Gasteiger partial charge is 0.314 e. The number of nitrogens with one attached hydrogen (secondary N) is 1. The Kier molecular flexibility index (Phi) is 4.41. The first-order valence-electron chi connectivity index (χ1n) is 5.20. The minimum Gasteiger partial charge on any atom is -0.314 e. The predicted octanol–water partition coefficient (Wildman–Crippen LogP) is 2.87. The van der Waals surface area contributed by atoms with Crippen LogP contribution in [0, 0.1) is 0 Å². The van der Waals surface area contributed by atoms with Crippen LogP contribution in [-0.4, -0.2) is 13.1 Å². The fraction of sp³-hybridized carbons (Fsp3) is 0.385. The van der Waals surface area contributed by atoms with Crippen LogP contribution < -0.4 is 5.32 Å². The van der Waals surface area contributed by atoms with Gasteiger partial charge in [0.2, 0.25) is 0 Å². The second-order valence-electron chi connectivity index (χ2n) is 3.53. The maximum absolute atomic E-state index is 3.17. The van der Waals surface area contributed by atoms with E-state index in [1.54, 1.807) is 0 Å². The Hall–Kier alpha value is -1.08. The standard InChI is InChI=1S/C13H19N/c1-4-12-7-9-13(10-8-12)6-5-11(2)14-3/h5-11,14H,4H2,1-3H3/b6-5+. The summed E-state index contributed by atoms with van der Waals surface area (Å²) in [5, 5.41) is 3.17. The molecule has 0 aliphatic carbocycles. The summed E-state index contributed by atoms with van der Waals surface area (Å²) in [5.74, 6) is 0. The van der Waals surface area contributed by atoms with Crippen molar-refractivity contribution in [2.45, 2.75) is 26.3 Å². The van der Waals surface area contributed by atoms with Crippen molar-refractivity contribution in [1.29, 1.82) is 0 Å². The lowest BCUT2D eigenvalue weighted by atomic mass is 10.1. The van der Waals surface area contributed by atoms with Crippen LogP contribution in [0.1, 0.15) is 25.0 Å². The number of rotatable bonds is 4. The van der Waals surface area contributed by atoms with Gasteiger partial charge in [0, 0.05) is 6.04 Å². The van der Waals surface area contributed by atoms with Crippen LogP contribution in [0.25, 0.3) is 6.08 Å². The van der Waals surface area contributed by atoms with Crippen molar-refractivity contribution < 1.29 is 0 Å². The first-order chi connectivity index (χ1) is 6.76. The van der Waals surface area contributed by atoms with Crippen molar-refractivity contribution in [1.82, 2.24) is 5.32 Å². The molecule has 1 aromatic rings. The van der Waals surface area contributed by atoms with Gasteiger partial charge in [-0.25, -0.2) is 0 Å². The molecule has 1 rings (SSSR count). The monoisotopic (exact) mass is 189 g/mol. The van der Waals surface area contributed by atoms with Crippen LogP contribution in [0.3, 0.4) is 0 Å². The smallest absolute Gasteiger partial charge is 0.0221 e. The van der Waals surface area contributed by atoms with E-state index in [0.29, 0.717) is 6.04 Å². The van der Waals surface area contributed by atoms with Crippen LogP contribution in [0.5, 0.6) is 0 Å². The average Bonchev–Trinajstić information content (AvgIpc) is 2.26. The van der Waals surface area contributed by atoms with Crippen molar-refractivity contribution in [3.8, 4) is 0 Å². The van der Waals surface area contributed by atoms with E-state index in [0.717, 1.165) is 6.42 Å². The molecule has 1 unspecified atom stereocenters. The Morgan fingerprint density at radius 2 is 1.93 bits per heavy atom. The molecule has 0 saturated carbocycles. The van der Waals surface area contributed by atoms with Crippen LogP contribution in [0.15, 0.2) is 30.3 Å². The second kappa shape index (κ2) is 5.61. The van der Waals surface area contributed by atoms with E-state index >= 15 is 0 Å². The molecule has 1 nitrogen and oxygen atoms in total. The van der Waals surface area contributed by atoms with E-state index in [2.05, 4.69) is 55.6 Å². The van der Waals surface area contributed by atoms with Gasteiger partial charge in [-0.2, -0.15) is 0 Å². The van der Waals surface area contributed by atoms with Gasteiger partial charge in [-0.3, -0.25) is 0 Å². The summed E-state index contributed by atoms with van der Waals surface area (Å²) in [6.45, 7) is 4.31. The Morgan fingerprint density at radius 3 is 2.43 bits per heavy atom. The molecule has 0 aliphatic heterocycles. The third-order valence-electron chi connectivity index (χ3n) is 2.42. The van der Waals surface area contributed by atoms with Crippen LogP contribution in [-0.2, 0) is 6.42 Å². The fourth-order valence-corrected chi connectivity index (χ4v) is 1.22. The summed E-state index contributed by atoms with van der Waals surface area (Å²) >= 11 is 0. The lowest BCUT2D eigenvalue weighted by Gasteiger charge is -2.02. The van der Waals surface area contributed by atoms with Gasteiger partial charge in [0.05, 0.1) is 0 Å². The predicted molar refractivity (Wildman–Crippen MR) is 63.4 cm³/mol. The van der Waals surface area contributed by atoms with Gasteiger partial charge in [0.1, 0.15) is 0 Å². The molecule has 14 heavy (non-hydrogen) atoms. The summed E-state index contributed by atoms with van der Waals surface area (Å²) in [4.78, 5) is 0. The van der Waals surface area contributed by atoms with E-state index in [-0.39, 0.29) is 0 Å². The first kappa shape index (κ1) is 11.0. The fourth-order valence-electron chi connectivity index (χ4n) is 1.22. The van der Waals surface area contributed by atoms with Crippen molar-refractivity contribution in [2.75, 3.05) is 7.05 Å². The zero-order chi connectivity index (χ0) is 10.4. The SMILES string of the molecule is CCc1ccc(/C=C/C(C)NC)cc1. The van der Waals surface area contributed by atoms with Crippen molar-refractivity contribution in [2.24, 2.45) is 0 Å². The molecule has 1 N–H and O–H groups in total. The minimum absolute atomic E-state index is 0.431. The second-order valence-corrected chi connectivity index (χ2v) is 3.53. The Morgan fingerprint density at radius 1 is 1.29 bits per heavy atom. The lowest BCUT2D eigenvalue weighted by molar-refractivity contribution is 0.731. The molecule has 0 radical (unpaired) electrons. The molecular formula is C13H19N. The van der Waals surface area contributed by atoms with Crippen LogP contribution >= 0.6 is 0 Å². The highest BCUT2D eigenvalue weighted by atomic mass is 14.8. The highest BCUT2D eigenvalue weighted by Gasteiger charge is 1.91. The molecule has 0 saturated heterocycles. The zero-order valence-electron chi connectivity index (χ0n) is 9.25. The van der Waals surface area contributed by atoms with E-state index in [4.69, 9.17) is 0 Å². The van der Waals surface area contributed by atoms with E-state index < -0.39 is 0 Å². The van der Waals surface area contributed by atoms with E-state index in [9.17, 15) is 0 Å². The Bertz CT molecular complexity index is 285. The average molecular weight is 189 g/mol. The quantitative estimate of drug-likeness (QED) is 0.768. The molecule has 0 aliphatic rings. The zero-order valence-corrected chi connectivity index (χ0v) is 9.25. The maximum atomic E-state index is 3.17. The normalized spacial score (nSPS) is 13.4. The molecular weight excluding hydrogens is 170 g/mol. The van der Waals surface area contributed by atoms with Crippen LogP contribution in [0.2, 0.25) is 0 Å². The van der Waals surface area contributed by atoms with Gasteiger partial charge in [-0.05, 0) is 31.5 Å².